The molecule has 3 unspecified atom stereocenters. The van der Waals surface area contributed by atoms with Gasteiger partial charge < -0.3 is 19.8 Å². The Balaban J connectivity index is 0.00000208. The van der Waals surface area contributed by atoms with E-state index in [1.165, 1.54) is 0 Å². The number of ether oxygens (including phenoxy) is 1. The quantitative estimate of drug-likeness (QED) is 0.421. The molecule has 1 aliphatic heterocycles. The highest BCUT2D eigenvalue weighted by Crippen LogP contribution is 2.52. The van der Waals surface area contributed by atoms with E-state index in [0.717, 1.165) is 37.0 Å². The summed E-state index contributed by atoms with van der Waals surface area (Å²) in [5, 5.41) is 6.92. The van der Waals surface area contributed by atoms with Gasteiger partial charge in [0.25, 0.3) is 0 Å². The van der Waals surface area contributed by atoms with Crippen LogP contribution in [0.5, 0.6) is 0 Å². The maximum atomic E-state index is 5.86. The van der Waals surface area contributed by atoms with Crippen LogP contribution in [0.15, 0.2) is 9.41 Å². The average Bonchev–Trinajstić information content (AvgIpc) is 3.08. The Morgan fingerprint density at radius 1 is 1.38 bits per heavy atom. The highest BCUT2D eigenvalue weighted by Gasteiger charge is 2.59. The van der Waals surface area contributed by atoms with Crippen molar-refractivity contribution < 1.29 is 9.15 Å². The van der Waals surface area contributed by atoms with E-state index < -0.39 is 0 Å². The number of aryl methyl sites for hydroxylation is 2. The molecular formula is C17H29IN4O2. The molecule has 6 nitrogen and oxygen atoms in total. The second-order valence-electron chi connectivity index (χ2n) is 7.13. The molecule has 3 atom stereocenters. The Labute approximate surface area is 161 Å². The van der Waals surface area contributed by atoms with Gasteiger partial charge in [-0.2, -0.15) is 0 Å². The molecule has 0 spiro atoms. The lowest BCUT2D eigenvalue weighted by molar-refractivity contribution is -0.106. The van der Waals surface area contributed by atoms with Crippen molar-refractivity contribution in [1.82, 2.24) is 15.6 Å². The normalized spacial score (nSPS) is 27.9. The third kappa shape index (κ3) is 3.56. The van der Waals surface area contributed by atoms with Gasteiger partial charge in [0.1, 0.15) is 12.3 Å². The predicted octanol–water partition coefficient (Wildman–Crippen LogP) is 2.78. The first-order valence-electron chi connectivity index (χ1n) is 8.52. The van der Waals surface area contributed by atoms with Crippen molar-refractivity contribution in [1.29, 1.82) is 0 Å². The number of halogens is 1. The van der Waals surface area contributed by atoms with Gasteiger partial charge in [0.2, 0.25) is 5.89 Å². The summed E-state index contributed by atoms with van der Waals surface area (Å²) in [5.74, 6) is 2.93. The zero-order valence-corrected chi connectivity index (χ0v) is 17.5. The van der Waals surface area contributed by atoms with Crippen LogP contribution in [0.1, 0.15) is 44.5 Å². The standard InChI is InChI=1S/C17H28N4O2.HI/c1-6-18-16(19-9-13-20-10(2)11(3)23-13)21-14-12-7-8-22-15(12)17(14,4)5;/h12,14-15H,6-9H2,1-5H3,(H2,18,19,21);1H. The number of hydrogen-bond acceptors (Lipinski definition) is 4. The van der Waals surface area contributed by atoms with E-state index in [1.54, 1.807) is 0 Å². The number of guanidine groups is 1. The SMILES string of the molecule is CCNC(=NCc1nc(C)c(C)o1)NC1C2CCOC2C1(C)C.I. The third-order valence-electron chi connectivity index (χ3n) is 5.18. The van der Waals surface area contributed by atoms with Crippen molar-refractivity contribution in [3.05, 3.63) is 17.3 Å². The minimum atomic E-state index is 0. The Hall–Kier alpha value is -0.830. The molecule has 1 saturated carbocycles. The maximum Gasteiger partial charge on any atom is 0.216 e. The van der Waals surface area contributed by atoms with Gasteiger partial charge >= 0.3 is 0 Å². The van der Waals surface area contributed by atoms with E-state index in [-0.39, 0.29) is 29.4 Å². The molecule has 0 bridgehead atoms. The summed E-state index contributed by atoms with van der Waals surface area (Å²) in [5.41, 5.74) is 1.06. The van der Waals surface area contributed by atoms with Crippen LogP contribution in [0.25, 0.3) is 0 Å². The van der Waals surface area contributed by atoms with E-state index in [1.807, 2.05) is 13.8 Å². The molecule has 7 heteroatoms. The number of nitrogens with zero attached hydrogens (tertiary/aromatic N) is 2. The van der Waals surface area contributed by atoms with Gasteiger partial charge in [0.05, 0.1) is 11.8 Å². The molecule has 1 aliphatic carbocycles. The highest BCUT2D eigenvalue weighted by atomic mass is 127. The number of rotatable bonds is 4. The summed E-state index contributed by atoms with van der Waals surface area (Å²) in [6.07, 6.45) is 1.50. The van der Waals surface area contributed by atoms with Crippen LogP contribution in [0, 0.1) is 25.2 Å². The fraction of sp³-hybridized carbons (Fsp3) is 0.765. The first-order chi connectivity index (χ1) is 10.9. The lowest BCUT2D eigenvalue weighted by Crippen LogP contribution is -2.67. The Morgan fingerprint density at radius 2 is 2.12 bits per heavy atom. The second kappa shape index (κ2) is 7.59. The van der Waals surface area contributed by atoms with E-state index in [4.69, 9.17) is 9.15 Å². The number of aromatic nitrogens is 1. The molecule has 1 aromatic heterocycles. The van der Waals surface area contributed by atoms with Gasteiger partial charge in [-0.05, 0) is 27.2 Å². The summed E-state index contributed by atoms with van der Waals surface area (Å²) in [6.45, 7) is 12.6. The molecule has 2 N–H and O–H groups in total. The van der Waals surface area contributed by atoms with Crippen molar-refractivity contribution in [2.45, 2.75) is 59.7 Å². The molecule has 0 radical (unpaired) electrons. The van der Waals surface area contributed by atoms with E-state index >= 15 is 0 Å². The van der Waals surface area contributed by atoms with Crippen LogP contribution >= 0.6 is 24.0 Å². The molecular weight excluding hydrogens is 419 g/mol. The molecule has 2 aliphatic rings. The Bertz CT molecular complexity index is 580. The summed E-state index contributed by atoms with van der Waals surface area (Å²) in [6, 6.07) is 0.390. The number of oxazole rings is 1. The molecule has 2 heterocycles. The Morgan fingerprint density at radius 3 is 2.75 bits per heavy atom. The number of nitrogens with one attached hydrogen (secondary N) is 2. The van der Waals surface area contributed by atoms with Crippen molar-refractivity contribution in [2.75, 3.05) is 13.2 Å². The van der Waals surface area contributed by atoms with Crippen LogP contribution < -0.4 is 10.6 Å². The van der Waals surface area contributed by atoms with Crippen molar-refractivity contribution >= 4 is 29.9 Å². The molecule has 1 aromatic rings. The van der Waals surface area contributed by atoms with Gasteiger partial charge in [-0.15, -0.1) is 24.0 Å². The van der Waals surface area contributed by atoms with Crippen LogP contribution in [0.2, 0.25) is 0 Å². The minimum Gasteiger partial charge on any atom is -0.444 e. The molecule has 136 valence electrons. The summed E-state index contributed by atoms with van der Waals surface area (Å²) in [7, 11) is 0. The molecule has 2 fully saturated rings. The lowest BCUT2D eigenvalue weighted by Gasteiger charge is -2.54. The first-order valence-corrected chi connectivity index (χ1v) is 8.52. The topological polar surface area (TPSA) is 71.7 Å². The van der Waals surface area contributed by atoms with Gasteiger partial charge in [0, 0.05) is 30.5 Å². The smallest absolute Gasteiger partial charge is 0.216 e. The fourth-order valence-electron chi connectivity index (χ4n) is 3.84. The lowest BCUT2D eigenvalue weighted by atomic mass is 9.57. The van der Waals surface area contributed by atoms with Crippen molar-refractivity contribution in [3.8, 4) is 0 Å². The van der Waals surface area contributed by atoms with E-state index in [2.05, 4.69) is 41.4 Å². The van der Waals surface area contributed by atoms with Crippen LogP contribution in [-0.2, 0) is 11.3 Å². The van der Waals surface area contributed by atoms with Gasteiger partial charge in [0.15, 0.2) is 5.96 Å². The molecule has 3 rings (SSSR count). The van der Waals surface area contributed by atoms with Crippen LogP contribution in [0.4, 0.5) is 0 Å². The minimum absolute atomic E-state index is 0. The van der Waals surface area contributed by atoms with E-state index in [9.17, 15) is 0 Å². The summed E-state index contributed by atoms with van der Waals surface area (Å²) >= 11 is 0. The average molecular weight is 448 g/mol. The summed E-state index contributed by atoms with van der Waals surface area (Å²) in [4.78, 5) is 9.03. The zero-order chi connectivity index (χ0) is 16.6. The van der Waals surface area contributed by atoms with Gasteiger partial charge in [-0.3, -0.25) is 0 Å². The molecule has 0 amide bonds. The third-order valence-corrected chi connectivity index (χ3v) is 5.18. The number of hydrogen-bond donors (Lipinski definition) is 2. The molecule has 1 saturated heterocycles. The zero-order valence-electron chi connectivity index (χ0n) is 15.2. The number of aliphatic imine (C=N–C) groups is 1. The monoisotopic (exact) mass is 448 g/mol. The Kier molecular flexibility index (Phi) is 6.17. The van der Waals surface area contributed by atoms with E-state index in [0.29, 0.717) is 30.5 Å². The predicted molar refractivity (Wildman–Crippen MR) is 105 cm³/mol. The number of fused-ring (bicyclic) bond motifs is 1. The van der Waals surface area contributed by atoms with Crippen molar-refractivity contribution in [3.63, 3.8) is 0 Å². The van der Waals surface area contributed by atoms with Gasteiger partial charge in [-0.25, -0.2) is 9.98 Å². The first kappa shape index (κ1) is 19.5. The van der Waals surface area contributed by atoms with Crippen molar-refractivity contribution in [2.24, 2.45) is 16.3 Å². The second-order valence-corrected chi connectivity index (χ2v) is 7.13. The highest BCUT2D eigenvalue weighted by molar-refractivity contribution is 14.0. The maximum absolute atomic E-state index is 5.86. The molecule has 0 aromatic carbocycles. The van der Waals surface area contributed by atoms with Crippen LogP contribution in [-0.4, -0.2) is 36.2 Å². The fourth-order valence-corrected chi connectivity index (χ4v) is 3.84. The molecule has 24 heavy (non-hydrogen) atoms. The van der Waals surface area contributed by atoms with Gasteiger partial charge in [-0.1, -0.05) is 13.8 Å². The largest absolute Gasteiger partial charge is 0.444 e. The summed E-state index contributed by atoms with van der Waals surface area (Å²) < 4.78 is 11.5. The van der Waals surface area contributed by atoms with Crippen LogP contribution in [0.3, 0.4) is 0 Å².